The number of rotatable bonds is 4. The summed E-state index contributed by atoms with van der Waals surface area (Å²) in [6.07, 6.45) is 4.75. The summed E-state index contributed by atoms with van der Waals surface area (Å²) in [7, 11) is 0. The number of imidazole rings is 1. The van der Waals surface area contributed by atoms with Crippen LogP contribution in [0.4, 0.5) is 4.79 Å². The highest BCUT2D eigenvalue weighted by molar-refractivity contribution is 5.77. The van der Waals surface area contributed by atoms with E-state index in [1.807, 2.05) is 19.1 Å². The van der Waals surface area contributed by atoms with Crippen molar-refractivity contribution in [2.75, 3.05) is 11.6 Å². The lowest BCUT2D eigenvalue weighted by molar-refractivity contribution is 0.193. The van der Waals surface area contributed by atoms with Crippen molar-refractivity contribution in [3.8, 4) is 11.3 Å². The molecule has 0 bridgehead atoms. The van der Waals surface area contributed by atoms with Crippen molar-refractivity contribution in [3.63, 3.8) is 0 Å². The third-order valence-corrected chi connectivity index (χ3v) is 4.25. The Hall–Kier alpha value is -2.37. The molecule has 3 rings (SSSR count). The van der Waals surface area contributed by atoms with E-state index in [9.17, 15) is 9.90 Å². The maximum absolute atomic E-state index is 11.9. The average Bonchev–Trinajstić information content (AvgIpc) is 3.26. The van der Waals surface area contributed by atoms with Crippen molar-refractivity contribution in [2.45, 2.75) is 46.0 Å². The van der Waals surface area contributed by atoms with E-state index in [1.165, 1.54) is 5.01 Å². The van der Waals surface area contributed by atoms with Gasteiger partial charge in [-0.25, -0.2) is 19.5 Å². The molecule has 1 N–H and O–H groups in total. The van der Waals surface area contributed by atoms with E-state index in [1.54, 1.807) is 17.1 Å². The van der Waals surface area contributed by atoms with Crippen LogP contribution in [0.5, 0.6) is 0 Å². The summed E-state index contributed by atoms with van der Waals surface area (Å²) in [4.78, 5) is 20.8. The first-order valence-electron chi connectivity index (χ1n) is 8.30. The second-order valence-electron chi connectivity index (χ2n) is 7.47. The molecule has 0 atom stereocenters. The van der Waals surface area contributed by atoms with Crippen molar-refractivity contribution in [1.29, 1.82) is 0 Å². The van der Waals surface area contributed by atoms with E-state index >= 15 is 0 Å². The molecule has 1 aliphatic carbocycles. The van der Waals surface area contributed by atoms with E-state index in [2.05, 4.69) is 25.8 Å². The molecular formula is C18H24N4O2. The van der Waals surface area contributed by atoms with Crippen LogP contribution in [0.2, 0.25) is 0 Å². The van der Waals surface area contributed by atoms with Gasteiger partial charge in [-0.15, -0.1) is 0 Å². The average molecular weight is 328 g/mol. The quantitative estimate of drug-likeness (QED) is 0.931. The van der Waals surface area contributed by atoms with E-state index in [0.717, 1.165) is 29.8 Å². The van der Waals surface area contributed by atoms with Gasteiger partial charge in [0.2, 0.25) is 0 Å². The molecule has 6 nitrogen and oxygen atoms in total. The number of carboxylic acid groups (broad SMARTS) is 1. The minimum Gasteiger partial charge on any atom is -0.464 e. The van der Waals surface area contributed by atoms with Crippen LogP contribution in [0.15, 0.2) is 24.5 Å². The largest absolute Gasteiger partial charge is 0.464 e. The lowest BCUT2D eigenvalue weighted by atomic mass is 9.89. The molecule has 1 fully saturated rings. The Kier molecular flexibility index (Phi) is 4.07. The van der Waals surface area contributed by atoms with E-state index in [-0.39, 0.29) is 5.41 Å². The van der Waals surface area contributed by atoms with Gasteiger partial charge in [-0.2, -0.15) is 0 Å². The number of amides is 1. The monoisotopic (exact) mass is 328 g/mol. The highest BCUT2D eigenvalue weighted by Crippen LogP contribution is 2.35. The molecule has 128 valence electrons. The molecule has 0 aliphatic heterocycles. The van der Waals surface area contributed by atoms with Crippen LogP contribution < -0.4 is 5.01 Å². The zero-order valence-electron chi connectivity index (χ0n) is 14.7. The fraction of sp³-hybridized carbons (Fsp3) is 0.500. The summed E-state index contributed by atoms with van der Waals surface area (Å²) in [5.41, 5.74) is 2.34. The Morgan fingerprint density at radius 2 is 2.12 bits per heavy atom. The second-order valence-corrected chi connectivity index (χ2v) is 7.47. The summed E-state index contributed by atoms with van der Waals surface area (Å²) < 4.78 is 1.78. The maximum atomic E-state index is 11.9. The number of carbonyl (C=O) groups is 1. The molecule has 24 heavy (non-hydrogen) atoms. The summed E-state index contributed by atoms with van der Waals surface area (Å²) in [6, 6.07) is 3.83. The van der Waals surface area contributed by atoms with Crippen LogP contribution in [0.1, 0.15) is 45.1 Å². The minimum absolute atomic E-state index is 0.260. The number of aromatic nitrogens is 3. The van der Waals surface area contributed by atoms with Crippen LogP contribution in [-0.4, -0.2) is 32.4 Å². The first kappa shape index (κ1) is 16.5. The summed E-state index contributed by atoms with van der Waals surface area (Å²) in [5.74, 6) is 1.14. The second kappa shape index (κ2) is 5.92. The molecule has 0 aromatic carbocycles. The van der Waals surface area contributed by atoms with Crippen LogP contribution in [-0.2, 0) is 5.41 Å². The van der Waals surface area contributed by atoms with Crippen molar-refractivity contribution >= 4 is 6.09 Å². The third kappa shape index (κ3) is 3.13. The predicted molar refractivity (Wildman–Crippen MR) is 92.7 cm³/mol. The molecule has 0 radical (unpaired) electrons. The Morgan fingerprint density at radius 3 is 2.62 bits per heavy atom. The SMILES string of the molecule is Cc1nc(-c2cccnc2)c(C(C)(C)C)n1N(CC1CC1)C(=O)O. The van der Waals surface area contributed by atoms with Crippen molar-refractivity contribution in [3.05, 3.63) is 36.0 Å². The third-order valence-electron chi connectivity index (χ3n) is 4.25. The summed E-state index contributed by atoms with van der Waals surface area (Å²) in [6.45, 7) is 8.62. The molecule has 0 unspecified atom stereocenters. The number of pyridine rings is 1. The number of nitrogens with zero attached hydrogens (tertiary/aromatic N) is 4. The predicted octanol–water partition coefficient (Wildman–Crippen LogP) is 3.58. The number of aryl methyl sites for hydroxylation is 1. The highest BCUT2D eigenvalue weighted by atomic mass is 16.4. The maximum Gasteiger partial charge on any atom is 0.426 e. The molecule has 1 saturated carbocycles. The van der Waals surface area contributed by atoms with Gasteiger partial charge in [0, 0.05) is 29.9 Å². The van der Waals surface area contributed by atoms with Crippen LogP contribution in [0, 0.1) is 12.8 Å². The first-order chi connectivity index (χ1) is 11.3. The lowest BCUT2D eigenvalue weighted by Gasteiger charge is -2.29. The van der Waals surface area contributed by atoms with Gasteiger partial charge in [0.05, 0.1) is 11.4 Å². The molecule has 1 amide bonds. The van der Waals surface area contributed by atoms with Gasteiger partial charge >= 0.3 is 6.09 Å². The Morgan fingerprint density at radius 1 is 1.42 bits per heavy atom. The number of hydrogen-bond acceptors (Lipinski definition) is 3. The van der Waals surface area contributed by atoms with Crippen LogP contribution in [0.3, 0.4) is 0 Å². The number of hydrogen-bond donors (Lipinski definition) is 1. The van der Waals surface area contributed by atoms with E-state index in [0.29, 0.717) is 18.3 Å². The molecule has 6 heteroatoms. The van der Waals surface area contributed by atoms with Gasteiger partial charge in [0.15, 0.2) is 0 Å². The minimum atomic E-state index is -0.939. The molecular weight excluding hydrogens is 304 g/mol. The highest BCUT2D eigenvalue weighted by Gasteiger charge is 2.34. The lowest BCUT2D eigenvalue weighted by Crippen LogP contribution is -2.44. The smallest absolute Gasteiger partial charge is 0.426 e. The summed E-state index contributed by atoms with van der Waals surface area (Å²) in [5, 5.41) is 11.2. The van der Waals surface area contributed by atoms with Gasteiger partial charge in [0.25, 0.3) is 0 Å². The van der Waals surface area contributed by atoms with Gasteiger partial charge in [-0.05, 0) is 37.8 Å². The molecule has 2 aromatic rings. The normalized spacial score (nSPS) is 14.7. The zero-order chi connectivity index (χ0) is 17.5. The Labute approximate surface area is 142 Å². The van der Waals surface area contributed by atoms with Crippen LogP contribution >= 0.6 is 0 Å². The molecule has 0 saturated heterocycles. The molecule has 2 heterocycles. The standard InChI is InChI=1S/C18H24N4O2/c1-12-20-15(14-6-5-9-19-10-14)16(18(2,3)4)22(12)21(17(23)24)11-13-7-8-13/h5-6,9-10,13H,7-8,11H2,1-4H3,(H,23,24). The van der Waals surface area contributed by atoms with Crippen molar-refractivity contribution < 1.29 is 9.90 Å². The van der Waals surface area contributed by atoms with Gasteiger partial charge < -0.3 is 5.11 Å². The fourth-order valence-corrected chi connectivity index (χ4v) is 2.99. The topological polar surface area (TPSA) is 71.2 Å². The van der Waals surface area contributed by atoms with Gasteiger partial charge in [-0.1, -0.05) is 20.8 Å². The Balaban J connectivity index is 2.18. The molecule has 2 aromatic heterocycles. The first-order valence-corrected chi connectivity index (χ1v) is 8.30. The Bertz CT molecular complexity index is 742. The summed E-state index contributed by atoms with van der Waals surface area (Å²) >= 11 is 0. The van der Waals surface area contributed by atoms with Crippen LogP contribution in [0.25, 0.3) is 11.3 Å². The molecule has 1 aliphatic rings. The zero-order valence-corrected chi connectivity index (χ0v) is 14.7. The van der Waals surface area contributed by atoms with Gasteiger partial charge in [-0.3, -0.25) is 4.98 Å². The van der Waals surface area contributed by atoms with Gasteiger partial charge in [0.1, 0.15) is 5.82 Å². The van der Waals surface area contributed by atoms with E-state index < -0.39 is 6.09 Å². The fourth-order valence-electron chi connectivity index (χ4n) is 2.99. The molecule has 0 spiro atoms. The van der Waals surface area contributed by atoms with Crippen molar-refractivity contribution in [1.82, 2.24) is 14.6 Å². The van der Waals surface area contributed by atoms with E-state index in [4.69, 9.17) is 4.98 Å². The van der Waals surface area contributed by atoms with Crippen molar-refractivity contribution in [2.24, 2.45) is 5.92 Å².